The van der Waals surface area contributed by atoms with Crippen molar-refractivity contribution in [3.8, 4) is 10.8 Å². The summed E-state index contributed by atoms with van der Waals surface area (Å²) in [5.41, 5.74) is 0.745. The number of hydrogen-bond acceptors (Lipinski definition) is 5. The Morgan fingerprint density at radius 2 is 2.30 bits per heavy atom. The molecule has 1 fully saturated rings. The van der Waals surface area contributed by atoms with Crippen LogP contribution in [-0.4, -0.2) is 41.5 Å². The minimum atomic E-state index is 0. The van der Waals surface area contributed by atoms with E-state index >= 15 is 0 Å². The molecule has 2 aromatic rings. The average molecular weight is 378 g/mol. The van der Waals surface area contributed by atoms with Gasteiger partial charge in [-0.2, -0.15) is 0 Å². The number of halogens is 2. The van der Waals surface area contributed by atoms with Crippen molar-refractivity contribution in [1.82, 2.24) is 15.2 Å². The van der Waals surface area contributed by atoms with Crippen LogP contribution in [-0.2, 0) is 11.2 Å². The lowest BCUT2D eigenvalue weighted by molar-refractivity contribution is -0.131. The number of carbonyl (C=O) groups is 1. The summed E-state index contributed by atoms with van der Waals surface area (Å²) in [6.07, 6.45) is 0.313. The van der Waals surface area contributed by atoms with Crippen LogP contribution in [0, 0.1) is 6.92 Å². The van der Waals surface area contributed by atoms with E-state index in [2.05, 4.69) is 17.2 Å². The second kappa shape index (κ2) is 8.68. The summed E-state index contributed by atoms with van der Waals surface area (Å²) in [4.78, 5) is 19.8. The van der Waals surface area contributed by atoms with Crippen molar-refractivity contribution in [2.45, 2.75) is 26.3 Å². The number of nitrogens with zero attached hydrogens (tertiary/aromatic N) is 2. The van der Waals surface area contributed by atoms with E-state index in [0.717, 1.165) is 36.0 Å². The second-order valence-corrected chi connectivity index (χ2v) is 6.32. The smallest absolute Gasteiger partial charge is 0.236 e. The van der Waals surface area contributed by atoms with Crippen molar-refractivity contribution in [3.63, 3.8) is 0 Å². The molecule has 1 N–H and O–H groups in total. The largest absolute Gasteiger partial charge is 0.440 e. The number of hydrogen-bond donors (Lipinski definition) is 1. The molecule has 3 heterocycles. The number of oxazole rings is 1. The summed E-state index contributed by atoms with van der Waals surface area (Å²) >= 11 is 1.59. The highest BCUT2D eigenvalue weighted by atomic mass is 35.5. The first kappa shape index (κ1) is 20.0. The highest BCUT2D eigenvalue weighted by molar-refractivity contribution is 7.13. The van der Waals surface area contributed by atoms with E-state index in [-0.39, 0.29) is 30.7 Å². The first-order valence-electron chi connectivity index (χ1n) is 7.15. The molecular weight excluding hydrogens is 357 g/mol. The van der Waals surface area contributed by atoms with Crippen LogP contribution in [0.2, 0.25) is 0 Å². The molecule has 1 atom stereocenters. The van der Waals surface area contributed by atoms with Gasteiger partial charge >= 0.3 is 0 Å². The summed E-state index contributed by atoms with van der Waals surface area (Å²) in [5, 5.41) is 5.33. The number of amides is 1. The quantitative estimate of drug-likeness (QED) is 0.892. The van der Waals surface area contributed by atoms with Gasteiger partial charge in [-0.15, -0.1) is 36.2 Å². The predicted molar refractivity (Wildman–Crippen MR) is 96.8 cm³/mol. The number of carbonyl (C=O) groups excluding carboxylic acids is 1. The molecule has 1 aliphatic heterocycles. The lowest BCUT2D eigenvalue weighted by atomic mass is 10.2. The molecule has 2 aromatic heterocycles. The maximum Gasteiger partial charge on any atom is 0.236 e. The summed E-state index contributed by atoms with van der Waals surface area (Å²) in [6, 6.07) is 4.29. The lowest BCUT2D eigenvalue weighted by Crippen LogP contribution is -2.51. The Hall–Kier alpha value is -1.08. The minimum absolute atomic E-state index is 0. The van der Waals surface area contributed by atoms with Crippen molar-refractivity contribution < 1.29 is 9.21 Å². The van der Waals surface area contributed by atoms with Crippen LogP contribution in [0.4, 0.5) is 0 Å². The molecule has 0 aliphatic carbocycles. The number of aryl methyl sites for hydroxylation is 1. The molecule has 0 spiro atoms. The first-order chi connectivity index (χ1) is 10.1. The SMILES string of the molecule is Cc1oc(-c2cccs2)nc1CC(=O)N1CCNC(C)C1.Cl.Cl. The molecule has 1 unspecified atom stereocenters. The van der Waals surface area contributed by atoms with Gasteiger partial charge in [0.05, 0.1) is 17.0 Å². The number of aromatic nitrogens is 1. The molecule has 5 nitrogen and oxygen atoms in total. The summed E-state index contributed by atoms with van der Waals surface area (Å²) in [6.45, 7) is 6.33. The van der Waals surface area contributed by atoms with Crippen LogP contribution < -0.4 is 5.32 Å². The molecule has 8 heteroatoms. The van der Waals surface area contributed by atoms with E-state index in [1.807, 2.05) is 29.3 Å². The maximum absolute atomic E-state index is 12.4. The fourth-order valence-electron chi connectivity index (χ4n) is 2.51. The molecule has 1 aliphatic rings. The normalized spacial score (nSPS) is 17.3. The number of rotatable bonds is 3. The Balaban J connectivity index is 0.00000132. The monoisotopic (exact) mass is 377 g/mol. The van der Waals surface area contributed by atoms with Gasteiger partial charge in [-0.1, -0.05) is 6.07 Å². The number of piperazine rings is 1. The standard InChI is InChI=1S/C15H19N3O2S.2ClH/c1-10-9-18(6-5-16-10)14(19)8-12-11(2)20-15(17-12)13-4-3-7-21-13;;/h3-4,7,10,16H,5-6,8-9H2,1-2H3;2*1H. The Morgan fingerprint density at radius 3 is 2.96 bits per heavy atom. The molecule has 0 radical (unpaired) electrons. The lowest BCUT2D eigenvalue weighted by Gasteiger charge is -2.31. The Morgan fingerprint density at radius 1 is 1.52 bits per heavy atom. The third-order valence-electron chi connectivity index (χ3n) is 3.66. The van der Waals surface area contributed by atoms with Crippen LogP contribution in [0.15, 0.2) is 21.9 Å². The zero-order valence-corrected chi connectivity index (χ0v) is 15.5. The Kier molecular flexibility index (Phi) is 7.54. The van der Waals surface area contributed by atoms with E-state index in [1.54, 1.807) is 11.3 Å². The van der Waals surface area contributed by atoms with E-state index in [9.17, 15) is 4.79 Å². The van der Waals surface area contributed by atoms with Crippen LogP contribution in [0.25, 0.3) is 10.8 Å². The number of thiophene rings is 1. The molecule has 128 valence electrons. The molecule has 1 amide bonds. The van der Waals surface area contributed by atoms with Crippen molar-refractivity contribution >= 4 is 42.1 Å². The van der Waals surface area contributed by atoms with Gasteiger partial charge in [-0.25, -0.2) is 4.98 Å². The molecule has 0 aromatic carbocycles. The van der Waals surface area contributed by atoms with Crippen LogP contribution in [0.5, 0.6) is 0 Å². The van der Waals surface area contributed by atoms with Crippen molar-refractivity contribution in [2.24, 2.45) is 0 Å². The van der Waals surface area contributed by atoms with E-state index < -0.39 is 0 Å². The van der Waals surface area contributed by atoms with Crippen LogP contribution in [0.1, 0.15) is 18.4 Å². The number of nitrogens with one attached hydrogen (secondary N) is 1. The highest BCUT2D eigenvalue weighted by Crippen LogP contribution is 2.26. The summed E-state index contributed by atoms with van der Waals surface area (Å²) in [5.74, 6) is 1.46. The van der Waals surface area contributed by atoms with Crippen molar-refractivity contribution in [1.29, 1.82) is 0 Å². The fraction of sp³-hybridized carbons (Fsp3) is 0.467. The summed E-state index contributed by atoms with van der Waals surface area (Å²) < 4.78 is 5.68. The molecule has 0 saturated carbocycles. The van der Waals surface area contributed by atoms with Gasteiger partial charge in [0.1, 0.15) is 5.76 Å². The molecule has 1 saturated heterocycles. The van der Waals surface area contributed by atoms with Gasteiger partial charge in [0.25, 0.3) is 0 Å². The van der Waals surface area contributed by atoms with Gasteiger partial charge < -0.3 is 14.6 Å². The zero-order valence-electron chi connectivity index (χ0n) is 13.1. The molecule has 23 heavy (non-hydrogen) atoms. The van der Waals surface area contributed by atoms with E-state index in [0.29, 0.717) is 18.4 Å². The van der Waals surface area contributed by atoms with Crippen LogP contribution >= 0.6 is 36.2 Å². The average Bonchev–Trinajstić information content (AvgIpc) is 3.09. The van der Waals surface area contributed by atoms with Gasteiger partial charge in [0, 0.05) is 25.7 Å². The van der Waals surface area contributed by atoms with Crippen molar-refractivity contribution in [2.75, 3.05) is 19.6 Å². The third-order valence-corrected chi connectivity index (χ3v) is 4.52. The fourth-order valence-corrected chi connectivity index (χ4v) is 3.16. The molecule has 0 bridgehead atoms. The van der Waals surface area contributed by atoms with Gasteiger partial charge in [0.15, 0.2) is 0 Å². The molecular formula is C15H21Cl2N3O2S. The van der Waals surface area contributed by atoms with Crippen molar-refractivity contribution in [3.05, 3.63) is 29.0 Å². The second-order valence-electron chi connectivity index (χ2n) is 5.37. The van der Waals surface area contributed by atoms with E-state index in [1.165, 1.54) is 0 Å². The minimum Gasteiger partial charge on any atom is -0.440 e. The van der Waals surface area contributed by atoms with E-state index in [4.69, 9.17) is 4.42 Å². The molecule has 3 rings (SSSR count). The van der Waals surface area contributed by atoms with Gasteiger partial charge in [-0.05, 0) is 25.3 Å². The predicted octanol–water partition coefficient (Wildman–Crippen LogP) is 2.92. The first-order valence-corrected chi connectivity index (χ1v) is 8.03. The summed E-state index contributed by atoms with van der Waals surface area (Å²) in [7, 11) is 0. The maximum atomic E-state index is 12.4. The Labute approximate surface area is 152 Å². The van der Waals surface area contributed by atoms with Gasteiger partial charge in [-0.3, -0.25) is 4.79 Å². The zero-order chi connectivity index (χ0) is 14.8. The third kappa shape index (κ3) is 4.70. The highest BCUT2D eigenvalue weighted by Gasteiger charge is 2.23. The Bertz CT molecular complexity index is 631. The topological polar surface area (TPSA) is 58.4 Å². The van der Waals surface area contributed by atoms with Gasteiger partial charge in [0.2, 0.25) is 11.8 Å². The van der Waals surface area contributed by atoms with Crippen LogP contribution in [0.3, 0.4) is 0 Å².